The zero-order valence-electron chi connectivity index (χ0n) is 14.2. The Labute approximate surface area is 149 Å². The molecule has 0 spiro atoms. The largest absolute Gasteiger partial charge is 0.497 e. The Morgan fingerprint density at radius 1 is 1.08 bits per heavy atom. The van der Waals surface area contributed by atoms with Gasteiger partial charge in [-0.2, -0.15) is 9.67 Å². The van der Waals surface area contributed by atoms with Gasteiger partial charge in [-0.05, 0) is 36.8 Å². The smallest absolute Gasteiger partial charge is 0.282 e. The zero-order valence-corrected chi connectivity index (χ0v) is 14.2. The SMILES string of the molecule is COc1ccc(-n2nnc(-c3nc(-c4ccccc4C)no3)c2N)cc1. The van der Waals surface area contributed by atoms with Crippen LogP contribution in [-0.4, -0.2) is 32.2 Å². The van der Waals surface area contributed by atoms with Gasteiger partial charge in [-0.25, -0.2) is 0 Å². The van der Waals surface area contributed by atoms with Crippen molar-refractivity contribution in [1.82, 2.24) is 25.1 Å². The van der Waals surface area contributed by atoms with Crippen LogP contribution < -0.4 is 10.5 Å². The highest BCUT2D eigenvalue weighted by Gasteiger charge is 2.20. The minimum absolute atomic E-state index is 0.223. The molecule has 8 heteroatoms. The summed E-state index contributed by atoms with van der Waals surface area (Å²) in [5.41, 5.74) is 9.23. The molecular weight excluding hydrogens is 332 g/mol. The number of benzene rings is 2. The molecule has 2 heterocycles. The summed E-state index contributed by atoms with van der Waals surface area (Å²) < 4.78 is 12.0. The van der Waals surface area contributed by atoms with Crippen LogP contribution in [0.5, 0.6) is 5.75 Å². The number of aromatic nitrogens is 5. The van der Waals surface area contributed by atoms with Crippen LogP contribution in [0.1, 0.15) is 5.56 Å². The standard InChI is InChI=1S/C18H16N6O2/c1-11-5-3-4-6-14(11)17-20-18(26-22-17)15-16(19)24(23-21-15)12-7-9-13(25-2)10-8-12/h3-10H,19H2,1-2H3. The monoisotopic (exact) mass is 348 g/mol. The van der Waals surface area contributed by atoms with Gasteiger partial charge in [0.2, 0.25) is 5.82 Å². The summed E-state index contributed by atoms with van der Waals surface area (Å²) in [7, 11) is 1.61. The Kier molecular flexibility index (Phi) is 3.85. The predicted molar refractivity (Wildman–Crippen MR) is 95.8 cm³/mol. The number of methoxy groups -OCH3 is 1. The fraction of sp³-hybridized carbons (Fsp3) is 0.111. The molecule has 0 radical (unpaired) electrons. The second-order valence-electron chi connectivity index (χ2n) is 5.67. The second-order valence-corrected chi connectivity index (χ2v) is 5.67. The summed E-state index contributed by atoms with van der Waals surface area (Å²) in [4.78, 5) is 4.41. The molecule has 0 unspecified atom stereocenters. The van der Waals surface area contributed by atoms with E-state index in [0.29, 0.717) is 17.3 Å². The molecule has 0 bridgehead atoms. The van der Waals surface area contributed by atoms with Crippen LogP contribution in [0.2, 0.25) is 0 Å². The molecular formula is C18H16N6O2. The van der Waals surface area contributed by atoms with E-state index in [1.165, 1.54) is 4.68 Å². The fourth-order valence-electron chi connectivity index (χ4n) is 2.61. The maximum Gasteiger partial charge on any atom is 0.282 e. The van der Waals surface area contributed by atoms with Crippen molar-refractivity contribution in [3.05, 3.63) is 54.1 Å². The van der Waals surface area contributed by atoms with Crippen LogP contribution in [0.25, 0.3) is 28.7 Å². The van der Waals surface area contributed by atoms with Crippen molar-refractivity contribution < 1.29 is 9.26 Å². The summed E-state index contributed by atoms with van der Waals surface area (Å²) in [6, 6.07) is 15.1. The van der Waals surface area contributed by atoms with Crippen LogP contribution in [0.4, 0.5) is 5.82 Å². The van der Waals surface area contributed by atoms with Gasteiger partial charge in [0.15, 0.2) is 11.5 Å². The van der Waals surface area contributed by atoms with Gasteiger partial charge in [-0.3, -0.25) is 0 Å². The number of nitrogens with zero attached hydrogens (tertiary/aromatic N) is 5. The molecule has 0 aliphatic heterocycles. The Morgan fingerprint density at radius 3 is 2.58 bits per heavy atom. The maximum absolute atomic E-state index is 6.19. The maximum atomic E-state index is 6.19. The Morgan fingerprint density at radius 2 is 1.85 bits per heavy atom. The molecule has 0 saturated heterocycles. The van der Waals surface area contributed by atoms with Crippen molar-refractivity contribution in [2.75, 3.05) is 12.8 Å². The van der Waals surface area contributed by atoms with Gasteiger partial charge in [0.05, 0.1) is 12.8 Å². The lowest BCUT2D eigenvalue weighted by molar-refractivity contribution is 0.414. The summed E-state index contributed by atoms with van der Waals surface area (Å²) in [5, 5.41) is 12.2. The number of aryl methyl sites for hydroxylation is 1. The highest BCUT2D eigenvalue weighted by molar-refractivity contribution is 5.67. The summed E-state index contributed by atoms with van der Waals surface area (Å²) >= 11 is 0. The molecule has 0 fully saturated rings. The molecule has 2 N–H and O–H groups in total. The van der Waals surface area contributed by atoms with E-state index in [4.69, 9.17) is 15.0 Å². The van der Waals surface area contributed by atoms with Crippen LogP contribution in [-0.2, 0) is 0 Å². The van der Waals surface area contributed by atoms with Gasteiger partial charge < -0.3 is 15.0 Å². The topological polar surface area (TPSA) is 105 Å². The lowest BCUT2D eigenvalue weighted by Gasteiger charge is -2.04. The van der Waals surface area contributed by atoms with E-state index in [-0.39, 0.29) is 5.89 Å². The van der Waals surface area contributed by atoms with Crippen molar-refractivity contribution >= 4 is 5.82 Å². The first-order valence-electron chi connectivity index (χ1n) is 7.93. The van der Waals surface area contributed by atoms with E-state index < -0.39 is 0 Å². The van der Waals surface area contributed by atoms with Gasteiger partial charge in [0.1, 0.15) is 5.75 Å². The van der Waals surface area contributed by atoms with E-state index in [2.05, 4.69) is 20.5 Å². The summed E-state index contributed by atoms with van der Waals surface area (Å²) in [5.74, 6) is 1.76. The van der Waals surface area contributed by atoms with E-state index in [1.54, 1.807) is 7.11 Å². The molecule has 4 aromatic rings. The number of rotatable bonds is 4. The van der Waals surface area contributed by atoms with Crippen molar-refractivity contribution in [3.63, 3.8) is 0 Å². The minimum Gasteiger partial charge on any atom is -0.497 e. The Balaban J connectivity index is 1.69. The van der Waals surface area contributed by atoms with Gasteiger partial charge in [-0.1, -0.05) is 34.6 Å². The van der Waals surface area contributed by atoms with Gasteiger partial charge in [-0.15, -0.1) is 5.10 Å². The number of hydrogen-bond acceptors (Lipinski definition) is 7. The molecule has 130 valence electrons. The number of nitrogen functional groups attached to an aromatic ring is 1. The quantitative estimate of drug-likeness (QED) is 0.604. The van der Waals surface area contributed by atoms with E-state index in [1.807, 2.05) is 55.5 Å². The first-order valence-corrected chi connectivity index (χ1v) is 7.93. The fourth-order valence-corrected chi connectivity index (χ4v) is 2.61. The average Bonchev–Trinajstić information content (AvgIpc) is 3.29. The average molecular weight is 348 g/mol. The molecule has 2 aromatic carbocycles. The molecule has 0 saturated carbocycles. The third-order valence-corrected chi connectivity index (χ3v) is 4.04. The van der Waals surface area contributed by atoms with Crippen molar-refractivity contribution in [2.24, 2.45) is 0 Å². The van der Waals surface area contributed by atoms with E-state index >= 15 is 0 Å². The number of nitrogens with two attached hydrogens (primary N) is 1. The molecule has 2 aromatic heterocycles. The molecule has 0 aliphatic rings. The third-order valence-electron chi connectivity index (χ3n) is 4.04. The summed E-state index contributed by atoms with van der Waals surface area (Å²) in [6.45, 7) is 1.99. The van der Waals surface area contributed by atoms with E-state index in [9.17, 15) is 0 Å². The normalized spacial score (nSPS) is 10.8. The van der Waals surface area contributed by atoms with Crippen molar-refractivity contribution in [3.8, 4) is 34.4 Å². The molecule has 26 heavy (non-hydrogen) atoms. The highest BCUT2D eigenvalue weighted by Crippen LogP contribution is 2.27. The Bertz CT molecular complexity index is 1050. The number of hydrogen-bond donors (Lipinski definition) is 1. The highest BCUT2D eigenvalue weighted by atomic mass is 16.5. The van der Waals surface area contributed by atoms with Gasteiger partial charge in [0.25, 0.3) is 5.89 Å². The second kappa shape index (κ2) is 6.32. The van der Waals surface area contributed by atoms with Gasteiger partial charge >= 0.3 is 0 Å². The number of ether oxygens (including phenoxy) is 1. The van der Waals surface area contributed by atoms with Crippen LogP contribution in [0.3, 0.4) is 0 Å². The molecule has 0 atom stereocenters. The first kappa shape index (κ1) is 15.8. The lowest BCUT2D eigenvalue weighted by atomic mass is 10.1. The minimum atomic E-state index is 0.223. The van der Waals surface area contributed by atoms with Crippen LogP contribution in [0, 0.1) is 6.92 Å². The predicted octanol–water partition coefficient (Wildman–Crippen LogP) is 2.88. The van der Waals surface area contributed by atoms with Crippen molar-refractivity contribution in [1.29, 1.82) is 0 Å². The van der Waals surface area contributed by atoms with Crippen LogP contribution >= 0.6 is 0 Å². The lowest BCUT2D eigenvalue weighted by Crippen LogP contribution is -2.02. The third kappa shape index (κ3) is 2.67. The zero-order chi connectivity index (χ0) is 18.1. The van der Waals surface area contributed by atoms with Crippen LogP contribution in [0.15, 0.2) is 53.1 Å². The molecule has 8 nitrogen and oxygen atoms in total. The summed E-state index contributed by atoms with van der Waals surface area (Å²) in [6.07, 6.45) is 0. The number of anilines is 1. The van der Waals surface area contributed by atoms with Gasteiger partial charge in [0, 0.05) is 5.56 Å². The molecule has 0 aliphatic carbocycles. The molecule has 4 rings (SSSR count). The molecule has 0 amide bonds. The Hall–Kier alpha value is -3.68. The first-order chi connectivity index (χ1) is 12.7. The van der Waals surface area contributed by atoms with Crippen molar-refractivity contribution in [2.45, 2.75) is 6.92 Å². The van der Waals surface area contributed by atoms with E-state index in [0.717, 1.165) is 22.6 Å².